The molecule has 1 saturated heterocycles. The Morgan fingerprint density at radius 1 is 1.17 bits per heavy atom. The maximum Gasteiger partial charge on any atom is 0.227 e. The number of rotatable bonds is 3. The first kappa shape index (κ1) is 16.7. The lowest BCUT2D eigenvalue weighted by Gasteiger charge is -2.38. The van der Waals surface area contributed by atoms with Gasteiger partial charge in [-0.3, -0.25) is 4.79 Å². The van der Waals surface area contributed by atoms with Crippen molar-refractivity contribution in [1.82, 2.24) is 4.90 Å². The highest BCUT2D eigenvalue weighted by Gasteiger charge is 2.30. The Kier molecular flexibility index (Phi) is 4.95. The molecule has 2 aromatic rings. The van der Waals surface area contributed by atoms with Crippen LogP contribution in [0.4, 0.5) is 4.39 Å². The van der Waals surface area contributed by atoms with E-state index in [0.717, 1.165) is 11.1 Å². The zero-order chi connectivity index (χ0) is 17.1. The summed E-state index contributed by atoms with van der Waals surface area (Å²) in [4.78, 5) is 14.5. The largest absolute Gasteiger partial charge is 0.370 e. The van der Waals surface area contributed by atoms with E-state index in [9.17, 15) is 9.18 Å². The number of morpholine rings is 1. The summed E-state index contributed by atoms with van der Waals surface area (Å²) in [5.41, 5.74) is 3.12. The Hall–Kier alpha value is -2.20. The summed E-state index contributed by atoms with van der Waals surface area (Å²) in [5.74, 6) is -0.236. The summed E-state index contributed by atoms with van der Waals surface area (Å²) in [5, 5.41) is 0. The van der Waals surface area contributed by atoms with Gasteiger partial charge in [0.2, 0.25) is 5.91 Å². The molecule has 0 radical (unpaired) electrons. The number of ether oxygens (including phenoxy) is 1. The molecule has 24 heavy (non-hydrogen) atoms. The van der Waals surface area contributed by atoms with Gasteiger partial charge in [-0.2, -0.15) is 0 Å². The SMILES string of the molecule is Cc1ccc(C2CN(C(=O)Cc3ccc(F)cc3)C(C)CO2)cc1. The number of benzene rings is 2. The van der Waals surface area contributed by atoms with Crippen LogP contribution in [0.3, 0.4) is 0 Å². The van der Waals surface area contributed by atoms with E-state index in [0.29, 0.717) is 13.2 Å². The maximum absolute atomic E-state index is 13.0. The van der Waals surface area contributed by atoms with E-state index in [1.807, 2.05) is 18.7 Å². The highest BCUT2D eigenvalue weighted by atomic mass is 19.1. The molecule has 0 spiro atoms. The molecule has 1 aliphatic heterocycles. The molecule has 1 heterocycles. The predicted molar refractivity (Wildman–Crippen MR) is 91.2 cm³/mol. The Labute approximate surface area is 142 Å². The minimum atomic E-state index is -0.287. The average Bonchev–Trinajstić information content (AvgIpc) is 2.58. The fourth-order valence-electron chi connectivity index (χ4n) is 2.97. The van der Waals surface area contributed by atoms with Crippen LogP contribution < -0.4 is 0 Å². The van der Waals surface area contributed by atoms with Crippen LogP contribution in [0.15, 0.2) is 48.5 Å². The minimum absolute atomic E-state index is 0.0413. The lowest BCUT2D eigenvalue weighted by molar-refractivity contribution is -0.143. The number of amides is 1. The first-order valence-electron chi connectivity index (χ1n) is 8.25. The van der Waals surface area contributed by atoms with Crippen LogP contribution in [0.5, 0.6) is 0 Å². The monoisotopic (exact) mass is 327 g/mol. The first-order valence-corrected chi connectivity index (χ1v) is 8.25. The van der Waals surface area contributed by atoms with Crippen molar-refractivity contribution in [3.8, 4) is 0 Å². The summed E-state index contributed by atoms with van der Waals surface area (Å²) in [6, 6.07) is 14.4. The van der Waals surface area contributed by atoms with Gasteiger partial charge in [-0.1, -0.05) is 42.0 Å². The van der Waals surface area contributed by atoms with Gasteiger partial charge in [-0.05, 0) is 37.1 Å². The van der Waals surface area contributed by atoms with Crippen LogP contribution in [-0.2, 0) is 16.0 Å². The Morgan fingerprint density at radius 3 is 2.50 bits per heavy atom. The van der Waals surface area contributed by atoms with Crippen LogP contribution >= 0.6 is 0 Å². The van der Waals surface area contributed by atoms with E-state index in [1.54, 1.807) is 12.1 Å². The molecule has 4 heteroatoms. The van der Waals surface area contributed by atoms with E-state index < -0.39 is 0 Å². The fraction of sp³-hybridized carbons (Fsp3) is 0.350. The highest BCUT2D eigenvalue weighted by molar-refractivity contribution is 5.79. The normalized spacial score (nSPS) is 20.9. The Balaban J connectivity index is 1.69. The van der Waals surface area contributed by atoms with Crippen molar-refractivity contribution in [2.45, 2.75) is 32.4 Å². The molecule has 0 aliphatic carbocycles. The highest BCUT2D eigenvalue weighted by Crippen LogP contribution is 2.25. The molecule has 0 bridgehead atoms. The summed E-state index contributed by atoms with van der Waals surface area (Å²) in [6.07, 6.45) is 0.185. The minimum Gasteiger partial charge on any atom is -0.370 e. The van der Waals surface area contributed by atoms with E-state index >= 15 is 0 Å². The number of hydrogen-bond donors (Lipinski definition) is 0. The van der Waals surface area contributed by atoms with Gasteiger partial charge in [0.1, 0.15) is 11.9 Å². The lowest BCUT2D eigenvalue weighted by atomic mass is 10.0. The second-order valence-electron chi connectivity index (χ2n) is 6.43. The van der Waals surface area contributed by atoms with E-state index in [1.165, 1.54) is 17.7 Å². The number of nitrogens with zero attached hydrogens (tertiary/aromatic N) is 1. The van der Waals surface area contributed by atoms with Gasteiger partial charge < -0.3 is 9.64 Å². The molecule has 2 atom stereocenters. The molecule has 1 aliphatic rings. The van der Waals surface area contributed by atoms with Crippen molar-refractivity contribution in [2.24, 2.45) is 0 Å². The van der Waals surface area contributed by atoms with Gasteiger partial charge in [-0.15, -0.1) is 0 Å². The first-order chi connectivity index (χ1) is 11.5. The van der Waals surface area contributed by atoms with Crippen LogP contribution in [0.2, 0.25) is 0 Å². The summed E-state index contributed by atoms with van der Waals surface area (Å²) < 4.78 is 18.9. The molecule has 0 saturated carbocycles. The predicted octanol–water partition coefficient (Wildman–Crippen LogP) is 3.67. The molecule has 1 fully saturated rings. The molecule has 2 unspecified atom stereocenters. The molecule has 126 valence electrons. The molecule has 2 aromatic carbocycles. The van der Waals surface area contributed by atoms with Crippen molar-refractivity contribution >= 4 is 5.91 Å². The summed E-state index contributed by atoms with van der Waals surface area (Å²) in [6.45, 7) is 5.11. The third kappa shape index (κ3) is 3.82. The summed E-state index contributed by atoms with van der Waals surface area (Å²) in [7, 11) is 0. The average molecular weight is 327 g/mol. The van der Waals surface area contributed by atoms with Crippen molar-refractivity contribution in [3.05, 3.63) is 71.0 Å². The fourth-order valence-corrected chi connectivity index (χ4v) is 2.97. The van der Waals surface area contributed by atoms with Crippen LogP contribution in [0, 0.1) is 12.7 Å². The number of hydrogen-bond acceptors (Lipinski definition) is 2. The molecule has 0 aromatic heterocycles. The maximum atomic E-state index is 13.0. The zero-order valence-electron chi connectivity index (χ0n) is 14.0. The molecular formula is C20H22FNO2. The zero-order valence-corrected chi connectivity index (χ0v) is 14.0. The molecular weight excluding hydrogens is 305 g/mol. The summed E-state index contributed by atoms with van der Waals surface area (Å²) >= 11 is 0. The van der Waals surface area contributed by atoms with Crippen molar-refractivity contribution < 1.29 is 13.9 Å². The van der Waals surface area contributed by atoms with Crippen molar-refractivity contribution in [2.75, 3.05) is 13.2 Å². The standard InChI is InChI=1S/C20H22FNO2/c1-14-3-7-17(8-4-14)19-12-22(15(2)13-24-19)20(23)11-16-5-9-18(21)10-6-16/h3-10,15,19H,11-13H2,1-2H3. The smallest absolute Gasteiger partial charge is 0.227 e. The van der Waals surface area contributed by atoms with Crippen LogP contribution in [0.1, 0.15) is 29.7 Å². The number of halogens is 1. The molecule has 1 amide bonds. The van der Waals surface area contributed by atoms with Crippen LogP contribution in [0.25, 0.3) is 0 Å². The van der Waals surface area contributed by atoms with Gasteiger partial charge in [0.15, 0.2) is 0 Å². The van der Waals surface area contributed by atoms with E-state index in [2.05, 4.69) is 24.3 Å². The molecule has 3 nitrogen and oxygen atoms in total. The van der Waals surface area contributed by atoms with Gasteiger partial charge >= 0.3 is 0 Å². The van der Waals surface area contributed by atoms with Gasteiger partial charge in [0.05, 0.1) is 25.6 Å². The van der Waals surface area contributed by atoms with Crippen molar-refractivity contribution in [1.29, 1.82) is 0 Å². The van der Waals surface area contributed by atoms with Gasteiger partial charge in [-0.25, -0.2) is 4.39 Å². The van der Waals surface area contributed by atoms with E-state index in [4.69, 9.17) is 4.74 Å². The van der Waals surface area contributed by atoms with E-state index in [-0.39, 0.29) is 30.3 Å². The third-order valence-electron chi connectivity index (χ3n) is 4.47. The number of carbonyl (C=O) groups is 1. The van der Waals surface area contributed by atoms with Gasteiger partial charge in [0, 0.05) is 0 Å². The second kappa shape index (κ2) is 7.14. The second-order valence-corrected chi connectivity index (χ2v) is 6.43. The Morgan fingerprint density at radius 2 is 1.83 bits per heavy atom. The lowest BCUT2D eigenvalue weighted by Crippen LogP contribution is -2.48. The molecule has 0 N–H and O–H groups in total. The number of aryl methyl sites for hydroxylation is 1. The Bertz CT molecular complexity index is 697. The van der Waals surface area contributed by atoms with Gasteiger partial charge in [0.25, 0.3) is 0 Å². The topological polar surface area (TPSA) is 29.5 Å². The quantitative estimate of drug-likeness (QED) is 0.861. The van der Waals surface area contributed by atoms with Crippen molar-refractivity contribution in [3.63, 3.8) is 0 Å². The van der Waals surface area contributed by atoms with Crippen LogP contribution in [-0.4, -0.2) is 30.0 Å². The number of carbonyl (C=O) groups excluding carboxylic acids is 1. The third-order valence-corrected chi connectivity index (χ3v) is 4.47. The molecule has 3 rings (SSSR count).